The first-order valence-corrected chi connectivity index (χ1v) is 8.17. The van der Waals surface area contributed by atoms with Crippen molar-refractivity contribution in [3.05, 3.63) is 64.7 Å². The molecule has 1 N–H and O–H groups in total. The van der Waals surface area contributed by atoms with Crippen molar-refractivity contribution in [2.24, 2.45) is 0 Å². The van der Waals surface area contributed by atoms with Crippen LogP contribution in [-0.4, -0.2) is 12.5 Å². The Morgan fingerprint density at radius 2 is 1.96 bits per heavy atom. The van der Waals surface area contributed by atoms with Gasteiger partial charge in [-0.2, -0.15) is 0 Å². The van der Waals surface area contributed by atoms with Crippen LogP contribution in [0, 0.1) is 6.92 Å². The minimum atomic E-state index is 0.0168. The molecule has 0 spiro atoms. The van der Waals surface area contributed by atoms with Gasteiger partial charge in [0.1, 0.15) is 5.75 Å². The Morgan fingerprint density at radius 3 is 2.65 bits per heavy atom. The zero-order valence-electron chi connectivity index (χ0n) is 13.5. The molecule has 2 rings (SSSR count). The molecule has 1 unspecified atom stereocenters. The fraction of sp³-hybridized carbons (Fsp3) is 0.316. The number of halogens is 1. The summed E-state index contributed by atoms with van der Waals surface area (Å²) in [5.74, 6) is 0.852. The van der Waals surface area contributed by atoms with Crippen LogP contribution in [0.1, 0.15) is 36.9 Å². The van der Waals surface area contributed by atoms with Crippen LogP contribution in [-0.2, 0) is 4.79 Å². The maximum Gasteiger partial charge on any atom is 0.220 e. The van der Waals surface area contributed by atoms with E-state index in [1.807, 2.05) is 56.3 Å². The number of nitrogens with one attached hydrogen (secondary N) is 1. The number of carbonyl (C=O) groups excluding carboxylic acids is 1. The van der Waals surface area contributed by atoms with E-state index in [-0.39, 0.29) is 11.9 Å². The van der Waals surface area contributed by atoms with Crippen molar-refractivity contribution >= 4 is 17.5 Å². The van der Waals surface area contributed by atoms with Crippen LogP contribution in [0.4, 0.5) is 0 Å². The minimum absolute atomic E-state index is 0.0168. The highest BCUT2D eigenvalue weighted by atomic mass is 35.5. The van der Waals surface area contributed by atoms with Gasteiger partial charge in [0.2, 0.25) is 5.91 Å². The zero-order valence-corrected chi connectivity index (χ0v) is 14.3. The molecule has 2 aromatic carbocycles. The van der Waals surface area contributed by atoms with Crippen molar-refractivity contribution in [1.82, 2.24) is 5.32 Å². The number of carbonyl (C=O) groups is 1. The molecule has 0 heterocycles. The normalized spacial score (nSPS) is 11.8. The molecule has 0 saturated heterocycles. The van der Waals surface area contributed by atoms with Crippen LogP contribution in [0.15, 0.2) is 48.5 Å². The van der Waals surface area contributed by atoms with E-state index in [0.717, 1.165) is 16.9 Å². The average molecular weight is 332 g/mol. The highest BCUT2D eigenvalue weighted by molar-refractivity contribution is 6.30. The highest BCUT2D eigenvalue weighted by Crippen LogP contribution is 2.22. The molecule has 2 aromatic rings. The summed E-state index contributed by atoms with van der Waals surface area (Å²) in [6, 6.07) is 15.5. The topological polar surface area (TPSA) is 38.3 Å². The van der Waals surface area contributed by atoms with Gasteiger partial charge in [0, 0.05) is 11.4 Å². The van der Waals surface area contributed by atoms with E-state index in [9.17, 15) is 4.79 Å². The second-order valence-electron chi connectivity index (χ2n) is 5.56. The minimum Gasteiger partial charge on any atom is -0.493 e. The van der Waals surface area contributed by atoms with Crippen molar-refractivity contribution in [1.29, 1.82) is 0 Å². The van der Waals surface area contributed by atoms with Crippen LogP contribution >= 0.6 is 11.6 Å². The molecular weight excluding hydrogens is 310 g/mol. The van der Waals surface area contributed by atoms with E-state index in [1.54, 1.807) is 6.07 Å². The maximum atomic E-state index is 12.0. The Hall–Kier alpha value is -2.00. The standard InChI is InChI=1S/C19H22ClNO2/c1-14-13-17(20)10-11-18(14)23-12-6-9-19(22)21-15(2)16-7-4-3-5-8-16/h3-5,7-8,10-11,13,15H,6,9,12H2,1-2H3,(H,21,22). The lowest BCUT2D eigenvalue weighted by Crippen LogP contribution is -2.26. The molecule has 0 radical (unpaired) electrons. The van der Waals surface area contributed by atoms with Gasteiger partial charge in [0.05, 0.1) is 12.6 Å². The molecular formula is C19H22ClNO2. The second kappa shape index (κ2) is 8.59. The van der Waals surface area contributed by atoms with Crippen LogP contribution in [0.5, 0.6) is 5.75 Å². The monoisotopic (exact) mass is 331 g/mol. The second-order valence-corrected chi connectivity index (χ2v) is 6.00. The molecule has 0 aliphatic heterocycles. The summed E-state index contributed by atoms with van der Waals surface area (Å²) in [5, 5.41) is 3.70. The highest BCUT2D eigenvalue weighted by Gasteiger charge is 2.09. The number of benzene rings is 2. The molecule has 0 aromatic heterocycles. The van der Waals surface area contributed by atoms with E-state index >= 15 is 0 Å². The summed E-state index contributed by atoms with van der Waals surface area (Å²) in [4.78, 5) is 12.0. The summed E-state index contributed by atoms with van der Waals surface area (Å²) >= 11 is 5.91. The Labute approximate surface area is 142 Å². The van der Waals surface area contributed by atoms with Crippen LogP contribution in [0.2, 0.25) is 5.02 Å². The SMILES string of the molecule is Cc1cc(Cl)ccc1OCCCC(=O)NC(C)c1ccccc1. The first kappa shape index (κ1) is 17.4. The summed E-state index contributed by atoms with van der Waals surface area (Å²) < 4.78 is 5.69. The van der Waals surface area contributed by atoms with Gasteiger partial charge in [-0.05, 0) is 49.6 Å². The van der Waals surface area contributed by atoms with Gasteiger partial charge in [0.15, 0.2) is 0 Å². The molecule has 23 heavy (non-hydrogen) atoms. The third kappa shape index (κ3) is 5.61. The van der Waals surface area contributed by atoms with Gasteiger partial charge in [-0.25, -0.2) is 0 Å². The predicted octanol–water partition coefficient (Wildman–Crippen LogP) is 4.68. The summed E-state index contributed by atoms with van der Waals surface area (Å²) in [6.07, 6.45) is 1.12. The molecule has 0 fully saturated rings. The van der Waals surface area contributed by atoms with Crippen molar-refractivity contribution in [3.63, 3.8) is 0 Å². The third-order valence-electron chi connectivity index (χ3n) is 3.62. The first-order valence-electron chi connectivity index (χ1n) is 7.79. The molecule has 0 aliphatic rings. The lowest BCUT2D eigenvalue weighted by atomic mass is 10.1. The van der Waals surface area contributed by atoms with Crippen molar-refractivity contribution in [2.45, 2.75) is 32.7 Å². The quantitative estimate of drug-likeness (QED) is 0.748. The van der Waals surface area contributed by atoms with Crippen LogP contribution < -0.4 is 10.1 Å². The number of hydrogen-bond donors (Lipinski definition) is 1. The Kier molecular flexibility index (Phi) is 6.48. The van der Waals surface area contributed by atoms with E-state index < -0.39 is 0 Å². The van der Waals surface area contributed by atoms with Crippen molar-refractivity contribution in [3.8, 4) is 5.75 Å². The molecule has 0 bridgehead atoms. The molecule has 4 heteroatoms. The Morgan fingerprint density at radius 1 is 1.22 bits per heavy atom. The number of aryl methyl sites for hydroxylation is 1. The Balaban J connectivity index is 1.70. The number of hydrogen-bond acceptors (Lipinski definition) is 2. The molecule has 122 valence electrons. The van der Waals surface area contributed by atoms with E-state index in [0.29, 0.717) is 24.5 Å². The molecule has 0 saturated carbocycles. The van der Waals surface area contributed by atoms with E-state index in [2.05, 4.69) is 5.32 Å². The van der Waals surface area contributed by atoms with Gasteiger partial charge in [0.25, 0.3) is 0 Å². The average Bonchev–Trinajstić information content (AvgIpc) is 2.54. The lowest BCUT2D eigenvalue weighted by molar-refractivity contribution is -0.121. The molecule has 3 nitrogen and oxygen atoms in total. The number of amides is 1. The molecule has 0 aliphatic carbocycles. The molecule has 1 atom stereocenters. The lowest BCUT2D eigenvalue weighted by Gasteiger charge is -2.14. The predicted molar refractivity (Wildman–Crippen MR) is 93.9 cm³/mol. The van der Waals surface area contributed by atoms with E-state index in [4.69, 9.17) is 16.3 Å². The van der Waals surface area contributed by atoms with E-state index in [1.165, 1.54) is 0 Å². The number of ether oxygens (including phenoxy) is 1. The molecule has 1 amide bonds. The summed E-state index contributed by atoms with van der Waals surface area (Å²) in [6.45, 7) is 4.45. The fourth-order valence-corrected chi connectivity index (χ4v) is 2.55. The smallest absolute Gasteiger partial charge is 0.220 e. The van der Waals surface area contributed by atoms with Gasteiger partial charge in [-0.3, -0.25) is 4.79 Å². The van der Waals surface area contributed by atoms with Crippen LogP contribution in [0.25, 0.3) is 0 Å². The number of rotatable bonds is 7. The van der Waals surface area contributed by atoms with Crippen molar-refractivity contribution < 1.29 is 9.53 Å². The zero-order chi connectivity index (χ0) is 16.7. The van der Waals surface area contributed by atoms with Crippen molar-refractivity contribution in [2.75, 3.05) is 6.61 Å². The Bertz CT molecular complexity index is 643. The van der Waals surface area contributed by atoms with Crippen LogP contribution in [0.3, 0.4) is 0 Å². The summed E-state index contributed by atoms with van der Waals surface area (Å²) in [5.41, 5.74) is 2.11. The fourth-order valence-electron chi connectivity index (χ4n) is 2.33. The first-order chi connectivity index (χ1) is 11.1. The third-order valence-corrected chi connectivity index (χ3v) is 3.85. The largest absolute Gasteiger partial charge is 0.493 e. The summed E-state index contributed by atoms with van der Waals surface area (Å²) in [7, 11) is 0. The van der Waals surface area contributed by atoms with Gasteiger partial charge in [-0.15, -0.1) is 0 Å². The maximum absolute atomic E-state index is 12.0. The van der Waals surface area contributed by atoms with Gasteiger partial charge in [-0.1, -0.05) is 41.9 Å². The van der Waals surface area contributed by atoms with Gasteiger partial charge < -0.3 is 10.1 Å². The van der Waals surface area contributed by atoms with Gasteiger partial charge >= 0.3 is 0 Å².